The van der Waals surface area contributed by atoms with Crippen molar-refractivity contribution in [3.8, 4) is 0 Å². The number of carbonyl (C=O) groups is 6. The molecule has 412 valence electrons. The van der Waals surface area contributed by atoms with E-state index in [1.54, 1.807) is 0 Å². The van der Waals surface area contributed by atoms with E-state index >= 15 is 0 Å². The summed E-state index contributed by atoms with van der Waals surface area (Å²) in [4.78, 5) is 72.7. The number of alkyl carbamates (subject to hydrolysis) is 2. The number of nitrogens with two attached hydrogens (primary N) is 1. The number of hydrogen-bond donors (Lipinski definition) is 11. The topological polar surface area (TPSA) is 308 Å². The van der Waals surface area contributed by atoms with Gasteiger partial charge in [-0.15, -0.1) is 0 Å². The van der Waals surface area contributed by atoms with Gasteiger partial charge in [-0.1, -0.05) is 154 Å². The Morgan fingerprint density at radius 2 is 1.00 bits per heavy atom. The normalized spacial score (nSPS) is 19.8. The van der Waals surface area contributed by atoms with E-state index in [0.29, 0.717) is 51.4 Å². The second-order valence-electron chi connectivity index (χ2n) is 20.0. The molecule has 0 unspecified atom stereocenters. The van der Waals surface area contributed by atoms with E-state index in [4.69, 9.17) is 20.3 Å². The highest BCUT2D eigenvalue weighted by molar-refractivity contribution is 5.87. The third-order valence-electron chi connectivity index (χ3n) is 12.6. The van der Waals surface area contributed by atoms with Gasteiger partial charge in [-0.3, -0.25) is 14.4 Å². The molecule has 10 atom stereocenters. The summed E-state index contributed by atoms with van der Waals surface area (Å²) < 4.78 is 10.3. The number of rotatable bonds is 25. The molecule has 0 heterocycles. The van der Waals surface area contributed by atoms with Crippen LogP contribution in [-0.4, -0.2) is 122 Å². The molecule has 4 rings (SSSR count). The molecule has 2 aliphatic carbocycles. The minimum atomic E-state index is -1.47. The third-order valence-corrected chi connectivity index (χ3v) is 12.6. The van der Waals surface area contributed by atoms with Crippen LogP contribution in [0.4, 0.5) is 9.59 Å². The molecule has 19 heteroatoms. The van der Waals surface area contributed by atoms with E-state index in [9.17, 15) is 49.2 Å². The number of aliphatic hydroxyl groups is 4. The van der Waals surface area contributed by atoms with Crippen molar-refractivity contribution in [3.63, 3.8) is 0 Å². The first kappa shape index (κ1) is 63.8. The molecule has 2 aliphatic rings. The number of carboxylic acids is 1. The van der Waals surface area contributed by atoms with Gasteiger partial charge in [0.25, 0.3) is 11.8 Å². The van der Waals surface area contributed by atoms with Crippen LogP contribution in [0.2, 0.25) is 0 Å². The van der Waals surface area contributed by atoms with Crippen molar-refractivity contribution in [1.82, 2.24) is 26.6 Å². The highest BCUT2D eigenvalue weighted by Gasteiger charge is 2.34. The van der Waals surface area contributed by atoms with Gasteiger partial charge in [0.2, 0.25) is 5.91 Å². The Kier molecular flexibility index (Phi) is 31.2. The number of carbonyl (C=O) groups excluding carboxylic acids is 5. The van der Waals surface area contributed by atoms with Crippen molar-refractivity contribution in [3.05, 3.63) is 71.8 Å². The maximum absolute atomic E-state index is 13.2. The monoisotopic (exact) mass is 1030 g/mol. The number of amides is 5. The van der Waals surface area contributed by atoms with Gasteiger partial charge in [0.1, 0.15) is 31.4 Å². The fraction of sp³-hybridized carbons (Fsp3) is 0.667. The Morgan fingerprint density at radius 3 is 1.42 bits per heavy atom. The molecule has 2 saturated carbocycles. The van der Waals surface area contributed by atoms with Gasteiger partial charge in [-0.25, -0.2) is 14.4 Å². The van der Waals surface area contributed by atoms with Crippen LogP contribution in [0.3, 0.4) is 0 Å². The zero-order valence-corrected chi connectivity index (χ0v) is 44.0. The first-order chi connectivity index (χ1) is 34.7. The van der Waals surface area contributed by atoms with E-state index in [1.807, 2.05) is 102 Å². The first-order valence-electron chi connectivity index (χ1n) is 26.3. The largest absolute Gasteiger partial charge is 0.480 e. The summed E-state index contributed by atoms with van der Waals surface area (Å²) in [6.07, 6.45) is 6.51. The first-order valence-corrected chi connectivity index (χ1v) is 26.3. The SMILES string of the molecule is CC(C)C[C@H](NC(=O)OCc1ccccc1)C(=O)O.CCCC[C@H](N)[C@H](O)C(=O)N[C@H]1CCCC[C@@H]1O.CCCC[C@H](NC(=O)[C@H](CC(C)C)NC(=O)OCc1ccccc1)[C@H](O)C(=O)N[C@H]1CCCC[C@@H]1O. The Balaban J connectivity index is 0.000000414. The summed E-state index contributed by atoms with van der Waals surface area (Å²) in [5.74, 6) is -2.32. The van der Waals surface area contributed by atoms with E-state index < -0.39 is 90.5 Å². The zero-order chi connectivity index (χ0) is 54.3. The molecule has 12 N–H and O–H groups in total. The lowest BCUT2D eigenvalue weighted by Gasteiger charge is -2.31. The second kappa shape index (κ2) is 35.7. The van der Waals surface area contributed by atoms with Crippen molar-refractivity contribution in [2.45, 2.75) is 218 Å². The van der Waals surface area contributed by atoms with Gasteiger partial charge in [0.05, 0.1) is 30.3 Å². The van der Waals surface area contributed by atoms with Gasteiger partial charge in [-0.05, 0) is 74.3 Å². The smallest absolute Gasteiger partial charge is 0.408 e. The lowest BCUT2D eigenvalue weighted by Crippen LogP contribution is -2.57. The molecule has 5 amide bonds. The molecule has 2 aromatic carbocycles. The molecule has 73 heavy (non-hydrogen) atoms. The van der Waals surface area contributed by atoms with Gasteiger partial charge in [-0.2, -0.15) is 0 Å². The molecule has 0 radical (unpaired) electrons. The summed E-state index contributed by atoms with van der Waals surface area (Å²) in [6, 6.07) is 14.7. The lowest BCUT2D eigenvalue weighted by molar-refractivity contribution is -0.140. The van der Waals surface area contributed by atoms with Crippen LogP contribution in [0.15, 0.2) is 60.7 Å². The molecule has 0 saturated heterocycles. The Bertz CT molecular complexity index is 1890. The van der Waals surface area contributed by atoms with Gasteiger partial charge < -0.3 is 67.3 Å². The van der Waals surface area contributed by atoms with Gasteiger partial charge in [0, 0.05) is 6.04 Å². The number of ether oxygens (including phenoxy) is 2. The van der Waals surface area contributed by atoms with Crippen molar-refractivity contribution in [2.75, 3.05) is 0 Å². The standard InChI is InChI=1S/C27H43N3O6.C14H19NO4.C13H26N2O3/c1-4-5-13-21(24(32)26(34)28-20-14-9-10-15-23(20)31)29-25(33)22(16-18(2)3)30-27(35)36-17-19-11-7-6-8-12-19;1-10(2)8-12(13(16)17)15-14(18)19-9-11-6-4-3-5-7-11;1-2-3-6-9(14)12(17)13(18)15-10-7-4-5-8-11(10)16/h6-8,11-12,18,20-24,31-32H,4-5,9-10,13-17H2,1-3H3,(H,28,34)(H,29,33)(H,30,35);3-7,10,12H,8-9H2,1-2H3,(H,15,18)(H,16,17);9-12,16-17H,2-8,14H2,1H3,(H,15,18)/t20-,21-,22-,23-,24-;12-;9-,10-,11-,12-/m000/s1. The average molecular weight is 1030 g/mol. The summed E-state index contributed by atoms with van der Waals surface area (Å²) >= 11 is 0. The van der Waals surface area contributed by atoms with E-state index in [0.717, 1.165) is 62.5 Å². The molecule has 0 spiro atoms. The Hall–Kier alpha value is -5.34. The maximum Gasteiger partial charge on any atom is 0.408 e. The Morgan fingerprint density at radius 1 is 0.589 bits per heavy atom. The summed E-state index contributed by atoms with van der Waals surface area (Å²) in [5, 5.41) is 62.7. The summed E-state index contributed by atoms with van der Waals surface area (Å²) in [5.41, 5.74) is 7.45. The highest BCUT2D eigenvalue weighted by Crippen LogP contribution is 2.20. The summed E-state index contributed by atoms with van der Waals surface area (Å²) in [6.45, 7) is 11.9. The predicted octanol–water partition coefficient (Wildman–Crippen LogP) is 5.48. The van der Waals surface area contributed by atoms with Crippen LogP contribution in [-0.2, 0) is 41.9 Å². The van der Waals surface area contributed by atoms with Crippen LogP contribution in [0, 0.1) is 11.8 Å². The zero-order valence-electron chi connectivity index (χ0n) is 44.0. The van der Waals surface area contributed by atoms with Crippen LogP contribution in [0.1, 0.15) is 155 Å². The molecule has 2 fully saturated rings. The van der Waals surface area contributed by atoms with Crippen LogP contribution in [0.25, 0.3) is 0 Å². The van der Waals surface area contributed by atoms with Crippen LogP contribution >= 0.6 is 0 Å². The average Bonchev–Trinajstić information content (AvgIpc) is 3.36. The van der Waals surface area contributed by atoms with E-state index in [-0.39, 0.29) is 31.1 Å². The second-order valence-corrected chi connectivity index (χ2v) is 20.0. The highest BCUT2D eigenvalue weighted by atomic mass is 16.6. The van der Waals surface area contributed by atoms with E-state index in [2.05, 4.69) is 26.6 Å². The summed E-state index contributed by atoms with van der Waals surface area (Å²) in [7, 11) is 0. The Labute approximate surface area is 432 Å². The third kappa shape index (κ3) is 26.4. The lowest BCUT2D eigenvalue weighted by atomic mass is 9.92. The fourth-order valence-electron chi connectivity index (χ4n) is 8.30. The maximum atomic E-state index is 13.2. The molecular weight excluding hydrogens is 941 g/mol. The molecule has 19 nitrogen and oxygen atoms in total. The number of unbranched alkanes of at least 4 members (excludes halogenated alkanes) is 2. The minimum Gasteiger partial charge on any atom is -0.480 e. The van der Waals surface area contributed by atoms with E-state index in [1.165, 1.54) is 0 Å². The fourth-order valence-corrected chi connectivity index (χ4v) is 8.30. The number of aliphatic hydroxyl groups excluding tert-OH is 4. The van der Waals surface area contributed by atoms with Gasteiger partial charge >= 0.3 is 18.2 Å². The van der Waals surface area contributed by atoms with Crippen molar-refractivity contribution in [2.24, 2.45) is 17.6 Å². The van der Waals surface area contributed by atoms with Crippen LogP contribution < -0.4 is 32.3 Å². The van der Waals surface area contributed by atoms with Crippen molar-refractivity contribution >= 4 is 35.9 Å². The number of benzene rings is 2. The number of hydrogen-bond acceptors (Lipinski definition) is 13. The molecule has 0 aromatic heterocycles. The van der Waals surface area contributed by atoms with Crippen molar-refractivity contribution in [1.29, 1.82) is 0 Å². The predicted molar refractivity (Wildman–Crippen MR) is 277 cm³/mol. The van der Waals surface area contributed by atoms with Crippen molar-refractivity contribution < 1.29 is 63.8 Å². The number of nitrogens with one attached hydrogen (secondary N) is 5. The molecular formula is C54H88N6O13. The molecule has 2 aromatic rings. The van der Waals surface area contributed by atoms with Crippen LogP contribution in [0.5, 0.6) is 0 Å². The molecule has 0 bridgehead atoms. The quantitative estimate of drug-likeness (QED) is 0.0587. The van der Waals surface area contributed by atoms with Gasteiger partial charge in [0.15, 0.2) is 6.10 Å². The number of aliphatic carboxylic acids is 1. The number of carboxylic acid groups (broad SMARTS) is 1. The molecule has 0 aliphatic heterocycles. The minimum absolute atomic E-state index is 0.0771.